The van der Waals surface area contributed by atoms with Crippen LogP contribution in [0.2, 0.25) is 0 Å². The van der Waals surface area contributed by atoms with E-state index in [0.717, 1.165) is 0 Å². The molecule has 0 atom stereocenters. The Morgan fingerprint density at radius 3 is 2.50 bits per heavy atom. The molecule has 26 heavy (non-hydrogen) atoms. The molecule has 1 aliphatic rings. The van der Waals surface area contributed by atoms with Gasteiger partial charge in [-0.3, -0.25) is 19.2 Å². The summed E-state index contributed by atoms with van der Waals surface area (Å²) in [4.78, 5) is 52.6. The van der Waals surface area contributed by atoms with Crippen LogP contribution in [-0.4, -0.2) is 45.7 Å². The van der Waals surface area contributed by atoms with E-state index in [-0.39, 0.29) is 35.6 Å². The number of pyridine rings is 1. The number of fused-ring (bicyclic) bond motifs is 1. The lowest BCUT2D eigenvalue weighted by Crippen LogP contribution is -2.40. The van der Waals surface area contributed by atoms with Gasteiger partial charge in [0.2, 0.25) is 0 Å². The lowest BCUT2D eigenvalue weighted by Gasteiger charge is -2.30. The van der Waals surface area contributed by atoms with Gasteiger partial charge in [0.15, 0.2) is 5.78 Å². The number of carbonyl (C=O) groups is 3. The van der Waals surface area contributed by atoms with Crippen LogP contribution in [-0.2, 0) is 11.2 Å². The fraction of sp³-hybridized carbons (Fsp3) is 0.579. The van der Waals surface area contributed by atoms with E-state index in [1.165, 1.54) is 11.0 Å². The molecule has 1 aliphatic carbocycles. The number of Topliss-reactive ketones (excluding diaryl/α,β-unsaturated/α-hetero) is 1. The van der Waals surface area contributed by atoms with Gasteiger partial charge in [-0.2, -0.15) is 0 Å². The molecule has 1 amide bonds. The molecule has 7 nitrogen and oxygen atoms in total. The topological polar surface area (TPSA) is 108 Å². The lowest BCUT2D eigenvalue weighted by molar-refractivity contribution is -0.137. The van der Waals surface area contributed by atoms with Crippen molar-refractivity contribution in [1.29, 1.82) is 0 Å². The van der Waals surface area contributed by atoms with E-state index < -0.39 is 17.4 Å². The fourth-order valence-electron chi connectivity index (χ4n) is 3.30. The number of nitrogens with zero attached hydrogens (tertiary/aromatic N) is 1. The van der Waals surface area contributed by atoms with Gasteiger partial charge in [0.1, 0.15) is 5.56 Å². The van der Waals surface area contributed by atoms with Crippen molar-refractivity contribution in [2.75, 3.05) is 13.1 Å². The summed E-state index contributed by atoms with van der Waals surface area (Å²) >= 11 is 0. The second-order valence-corrected chi connectivity index (χ2v) is 8.13. The normalized spacial score (nSPS) is 15.7. The third-order valence-corrected chi connectivity index (χ3v) is 4.42. The van der Waals surface area contributed by atoms with Crippen molar-refractivity contribution in [1.82, 2.24) is 9.88 Å². The first-order chi connectivity index (χ1) is 12.0. The Morgan fingerprint density at radius 2 is 1.92 bits per heavy atom. The Morgan fingerprint density at radius 1 is 1.27 bits per heavy atom. The van der Waals surface area contributed by atoms with E-state index in [9.17, 15) is 19.2 Å². The molecular formula is C19H26N2O5. The molecule has 2 rings (SSSR count). The van der Waals surface area contributed by atoms with Crippen LogP contribution in [0, 0.1) is 11.3 Å². The number of ketones is 1. The summed E-state index contributed by atoms with van der Waals surface area (Å²) in [6.07, 6.45) is 0.718. The van der Waals surface area contributed by atoms with E-state index >= 15 is 0 Å². The highest BCUT2D eigenvalue weighted by Crippen LogP contribution is 2.33. The first-order valence-electron chi connectivity index (χ1n) is 8.80. The quantitative estimate of drug-likeness (QED) is 0.806. The Labute approximate surface area is 152 Å². The minimum atomic E-state index is -1.01. The van der Waals surface area contributed by atoms with Crippen LogP contribution in [0.25, 0.3) is 0 Å². The highest BCUT2D eigenvalue weighted by molar-refractivity contribution is 6.02. The summed E-state index contributed by atoms with van der Waals surface area (Å²) in [6, 6.07) is 1.38. The third kappa shape index (κ3) is 4.59. The van der Waals surface area contributed by atoms with E-state index in [4.69, 9.17) is 5.11 Å². The van der Waals surface area contributed by atoms with Crippen LogP contribution < -0.4 is 5.56 Å². The van der Waals surface area contributed by atoms with Gasteiger partial charge < -0.3 is 15.0 Å². The number of amides is 1. The van der Waals surface area contributed by atoms with Gasteiger partial charge in [0, 0.05) is 30.8 Å². The number of carboxylic acids is 1. The number of aromatic amines is 1. The second kappa shape index (κ2) is 7.43. The first-order valence-corrected chi connectivity index (χ1v) is 8.80. The van der Waals surface area contributed by atoms with Crippen LogP contribution in [0.5, 0.6) is 0 Å². The number of carbonyl (C=O) groups excluding carboxylic acids is 2. The van der Waals surface area contributed by atoms with Gasteiger partial charge in [-0.15, -0.1) is 0 Å². The van der Waals surface area contributed by atoms with E-state index in [0.29, 0.717) is 30.6 Å². The predicted molar refractivity (Wildman–Crippen MR) is 96.5 cm³/mol. The molecule has 0 aromatic carbocycles. The number of carboxylic acid groups (broad SMARTS) is 1. The number of nitrogens with one attached hydrogen (secondary N) is 1. The summed E-state index contributed by atoms with van der Waals surface area (Å²) in [5.74, 6) is -1.53. The minimum absolute atomic E-state index is 0.0177. The van der Waals surface area contributed by atoms with Crippen molar-refractivity contribution in [2.24, 2.45) is 11.3 Å². The number of hydrogen-bond donors (Lipinski definition) is 2. The molecule has 0 saturated heterocycles. The maximum Gasteiger partial charge on any atom is 0.305 e. The smallest absolute Gasteiger partial charge is 0.305 e. The molecule has 142 valence electrons. The molecular weight excluding hydrogens is 336 g/mol. The van der Waals surface area contributed by atoms with Crippen LogP contribution in [0.15, 0.2) is 10.9 Å². The average Bonchev–Trinajstić information content (AvgIpc) is 2.48. The molecule has 1 aromatic heterocycles. The van der Waals surface area contributed by atoms with Crippen molar-refractivity contribution in [3.63, 3.8) is 0 Å². The van der Waals surface area contributed by atoms with Gasteiger partial charge in [-0.05, 0) is 23.8 Å². The standard InChI is InChI=1S/C19H26N2O5/c1-11(2)10-21(6-5-16(23)24)18(26)13-7-12-14(20-17(13)25)8-19(3,4)9-15(12)22/h7,11H,5-6,8-10H2,1-4H3,(H,20,25)(H,23,24). The second-order valence-electron chi connectivity index (χ2n) is 8.13. The molecule has 1 heterocycles. The summed E-state index contributed by atoms with van der Waals surface area (Å²) in [6.45, 7) is 8.09. The zero-order valence-corrected chi connectivity index (χ0v) is 15.7. The SMILES string of the molecule is CC(C)CN(CCC(=O)O)C(=O)c1cc2c([nH]c1=O)CC(C)(C)CC2=O. The molecule has 7 heteroatoms. The Balaban J connectivity index is 2.38. The number of H-pyrrole nitrogens is 1. The maximum absolute atomic E-state index is 12.8. The lowest BCUT2D eigenvalue weighted by atomic mass is 9.75. The predicted octanol–water partition coefficient (Wildman–Crippen LogP) is 2.10. The monoisotopic (exact) mass is 362 g/mol. The summed E-state index contributed by atoms with van der Waals surface area (Å²) < 4.78 is 0. The highest BCUT2D eigenvalue weighted by atomic mass is 16.4. The van der Waals surface area contributed by atoms with Gasteiger partial charge in [-0.1, -0.05) is 27.7 Å². The first kappa shape index (κ1) is 19.9. The van der Waals surface area contributed by atoms with Gasteiger partial charge in [-0.25, -0.2) is 0 Å². The van der Waals surface area contributed by atoms with Gasteiger partial charge in [0.25, 0.3) is 11.5 Å². The van der Waals surface area contributed by atoms with E-state index in [1.807, 2.05) is 27.7 Å². The minimum Gasteiger partial charge on any atom is -0.481 e. The van der Waals surface area contributed by atoms with Crippen molar-refractivity contribution in [3.05, 3.63) is 33.2 Å². The number of rotatable bonds is 6. The molecule has 0 bridgehead atoms. The Hall–Kier alpha value is -2.44. The van der Waals surface area contributed by atoms with Crippen LogP contribution in [0.4, 0.5) is 0 Å². The fourth-order valence-corrected chi connectivity index (χ4v) is 3.30. The molecule has 0 radical (unpaired) electrons. The zero-order chi connectivity index (χ0) is 19.6. The van der Waals surface area contributed by atoms with Crippen molar-refractivity contribution in [3.8, 4) is 0 Å². The summed E-state index contributed by atoms with van der Waals surface area (Å²) in [5.41, 5.74) is 0.0684. The number of aliphatic carboxylic acids is 1. The largest absolute Gasteiger partial charge is 0.481 e. The van der Waals surface area contributed by atoms with E-state index in [1.54, 1.807) is 0 Å². The third-order valence-electron chi connectivity index (χ3n) is 4.42. The molecule has 2 N–H and O–H groups in total. The average molecular weight is 362 g/mol. The van der Waals surface area contributed by atoms with E-state index in [2.05, 4.69) is 4.98 Å². The van der Waals surface area contributed by atoms with Crippen LogP contribution in [0.3, 0.4) is 0 Å². The van der Waals surface area contributed by atoms with Gasteiger partial charge >= 0.3 is 5.97 Å². The van der Waals surface area contributed by atoms with Crippen LogP contribution >= 0.6 is 0 Å². The Bertz CT molecular complexity index is 792. The zero-order valence-electron chi connectivity index (χ0n) is 15.7. The number of hydrogen-bond acceptors (Lipinski definition) is 4. The summed E-state index contributed by atoms with van der Waals surface area (Å²) in [5, 5.41) is 8.89. The highest BCUT2D eigenvalue weighted by Gasteiger charge is 2.33. The molecule has 0 unspecified atom stereocenters. The molecule has 0 spiro atoms. The Kier molecular flexibility index (Phi) is 5.68. The van der Waals surface area contributed by atoms with Crippen LogP contribution in [0.1, 0.15) is 66.9 Å². The van der Waals surface area contributed by atoms with Gasteiger partial charge in [0.05, 0.1) is 6.42 Å². The van der Waals surface area contributed by atoms with Crippen molar-refractivity contribution >= 4 is 17.7 Å². The van der Waals surface area contributed by atoms with Crippen molar-refractivity contribution in [2.45, 2.75) is 47.0 Å². The molecule has 0 saturated carbocycles. The summed E-state index contributed by atoms with van der Waals surface area (Å²) in [7, 11) is 0. The number of aromatic nitrogens is 1. The van der Waals surface area contributed by atoms with Crippen molar-refractivity contribution < 1.29 is 19.5 Å². The molecule has 1 aromatic rings. The maximum atomic E-state index is 12.8. The molecule has 0 aliphatic heterocycles. The molecule has 0 fully saturated rings.